The van der Waals surface area contributed by atoms with E-state index in [0.29, 0.717) is 11.3 Å². The van der Waals surface area contributed by atoms with Gasteiger partial charge in [-0.25, -0.2) is 0 Å². The summed E-state index contributed by atoms with van der Waals surface area (Å²) in [6.45, 7) is 0. The van der Waals surface area contributed by atoms with Gasteiger partial charge in [-0.05, 0) is 23.8 Å². The fraction of sp³-hybridized carbons (Fsp3) is 0.0769. The Morgan fingerprint density at radius 1 is 1.00 bits per heavy atom. The van der Waals surface area contributed by atoms with E-state index in [1.807, 2.05) is 12.1 Å². The number of nitrogens with one attached hydrogen (secondary N) is 1. The molecular weight excluding hydrogens is 255 g/mol. The quantitative estimate of drug-likeness (QED) is 0.854. The van der Waals surface area contributed by atoms with Crippen molar-refractivity contribution < 1.29 is 13.2 Å². The van der Waals surface area contributed by atoms with Crippen LogP contribution in [0.4, 0.5) is 13.2 Å². The first-order chi connectivity index (χ1) is 8.95. The van der Waals surface area contributed by atoms with E-state index in [0.717, 1.165) is 12.1 Å². The number of halogens is 3. The van der Waals surface area contributed by atoms with Gasteiger partial charge in [-0.3, -0.25) is 0 Å². The lowest BCUT2D eigenvalue weighted by molar-refractivity contribution is -0.137. The molecule has 0 spiro atoms. The smallest absolute Gasteiger partial charge is 0.345 e. The molecule has 1 N–H and O–H groups in total. The zero-order valence-corrected chi connectivity index (χ0v) is 9.42. The number of H-pyrrole nitrogens is 1. The number of hydrogen-bond donors (Lipinski definition) is 1. The molecule has 0 fully saturated rings. The minimum atomic E-state index is -4.40. The normalized spacial score (nSPS) is 10.8. The lowest BCUT2D eigenvalue weighted by Gasteiger charge is -2.07. The van der Waals surface area contributed by atoms with Gasteiger partial charge in [0, 0.05) is 0 Å². The van der Waals surface area contributed by atoms with Crippen molar-refractivity contribution in [3.8, 4) is 23.4 Å². The van der Waals surface area contributed by atoms with Crippen molar-refractivity contribution in [2.75, 3.05) is 0 Å². The SMILES string of the molecule is N#Cc1cc(C#N)c(-c2ccc(C(F)(F)F)cc2)[nH]1. The van der Waals surface area contributed by atoms with E-state index >= 15 is 0 Å². The summed E-state index contributed by atoms with van der Waals surface area (Å²) in [6, 6.07) is 9.47. The molecule has 0 saturated heterocycles. The maximum Gasteiger partial charge on any atom is 0.416 e. The lowest BCUT2D eigenvalue weighted by atomic mass is 10.1. The van der Waals surface area contributed by atoms with E-state index in [-0.39, 0.29) is 11.3 Å². The molecule has 1 aromatic carbocycles. The molecule has 0 atom stereocenters. The fourth-order valence-corrected chi connectivity index (χ4v) is 1.66. The maximum absolute atomic E-state index is 12.4. The molecule has 1 heterocycles. The molecule has 0 amide bonds. The second-order valence-corrected chi connectivity index (χ2v) is 3.77. The highest BCUT2D eigenvalue weighted by Gasteiger charge is 2.30. The number of nitrogens with zero attached hydrogens (tertiary/aromatic N) is 2. The van der Waals surface area contributed by atoms with Gasteiger partial charge in [0.25, 0.3) is 0 Å². The molecule has 0 aliphatic carbocycles. The van der Waals surface area contributed by atoms with Crippen molar-refractivity contribution in [1.82, 2.24) is 4.98 Å². The highest BCUT2D eigenvalue weighted by atomic mass is 19.4. The number of nitriles is 2. The Labute approximate surface area is 106 Å². The Kier molecular flexibility index (Phi) is 3.02. The highest BCUT2D eigenvalue weighted by Crippen LogP contribution is 2.31. The Hall–Kier alpha value is -2.73. The molecule has 0 aliphatic rings. The van der Waals surface area contributed by atoms with E-state index in [1.54, 1.807) is 0 Å². The standard InChI is InChI=1S/C13H6F3N3/c14-13(15,16)10-3-1-8(2-4-10)12-9(6-17)5-11(7-18)19-12/h1-5,19H. The van der Waals surface area contributed by atoms with E-state index in [9.17, 15) is 13.2 Å². The summed E-state index contributed by atoms with van der Waals surface area (Å²) in [5, 5.41) is 17.6. The predicted octanol–water partition coefficient (Wildman–Crippen LogP) is 3.44. The summed E-state index contributed by atoms with van der Waals surface area (Å²) in [4.78, 5) is 2.69. The number of alkyl halides is 3. The van der Waals surface area contributed by atoms with Crippen LogP contribution in [0.15, 0.2) is 30.3 Å². The van der Waals surface area contributed by atoms with E-state index in [4.69, 9.17) is 10.5 Å². The Morgan fingerprint density at radius 2 is 1.63 bits per heavy atom. The second-order valence-electron chi connectivity index (χ2n) is 3.77. The van der Waals surface area contributed by atoms with Crippen LogP contribution in [0.3, 0.4) is 0 Å². The van der Waals surface area contributed by atoms with Gasteiger partial charge in [-0.2, -0.15) is 23.7 Å². The molecule has 3 nitrogen and oxygen atoms in total. The Morgan fingerprint density at radius 3 is 2.11 bits per heavy atom. The zero-order chi connectivity index (χ0) is 14.0. The first-order valence-electron chi connectivity index (χ1n) is 5.16. The van der Waals surface area contributed by atoms with Crippen LogP contribution < -0.4 is 0 Å². The van der Waals surface area contributed by atoms with Gasteiger partial charge in [0.1, 0.15) is 17.8 Å². The average molecular weight is 261 g/mol. The molecule has 0 aliphatic heterocycles. The number of rotatable bonds is 1. The molecule has 94 valence electrons. The number of aromatic amines is 1. The third kappa shape index (κ3) is 2.43. The van der Waals surface area contributed by atoms with Gasteiger partial charge in [0.2, 0.25) is 0 Å². The molecule has 19 heavy (non-hydrogen) atoms. The third-order valence-electron chi connectivity index (χ3n) is 2.56. The fourth-order valence-electron chi connectivity index (χ4n) is 1.66. The third-order valence-corrected chi connectivity index (χ3v) is 2.56. The zero-order valence-electron chi connectivity index (χ0n) is 9.42. The van der Waals surface area contributed by atoms with Gasteiger partial charge in [0.15, 0.2) is 0 Å². The monoisotopic (exact) mass is 261 g/mol. The van der Waals surface area contributed by atoms with Crippen molar-refractivity contribution in [1.29, 1.82) is 10.5 Å². The number of aromatic nitrogens is 1. The number of benzene rings is 1. The lowest BCUT2D eigenvalue weighted by Crippen LogP contribution is -2.04. The van der Waals surface area contributed by atoms with Crippen molar-refractivity contribution >= 4 is 0 Å². The largest absolute Gasteiger partial charge is 0.416 e. The van der Waals surface area contributed by atoms with Crippen LogP contribution in [0.5, 0.6) is 0 Å². The van der Waals surface area contributed by atoms with Crippen molar-refractivity contribution in [3.05, 3.63) is 47.2 Å². The van der Waals surface area contributed by atoms with Crippen molar-refractivity contribution in [2.45, 2.75) is 6.18 Å². The minimum Gasteiger partial charge on any atom is -0.345 e. The summed E-state index contributed by atoms with van der Waals surface area (Å²) >= 11 is 0. The minimum absolute atomic E-state index is 0.187. The van der Waals surface area contributed by atoms with Crippen LogP contribution in [-0.2, 0) is 6.18 Å². The predicted molar refractivity (Wildman–Crippen MR) is 60.7 cm³/mol. The second kappa shape index (κ2) is 4.51. The van der Waals surface area contributed by atoms with Crippen LogP contribution in [0.1, 0.15) is 16.8 Å². The first-order valence-corrected chi connectivity index (χ1v) is 5.16. The van der Waals surface area contributed by atoms with E-state index in [1.165, 1.54) is 18.2 Å². The summed E-state index contributed by atoms with van der Waals surface area (Å²) in [5.74, 6) is 0. The van der Waals surface area contributed by atoms with Crippen LogP contribution in [-0.4, -0.2) is 4.98 Å². The molecule has 6 heteroatoms. The van der Waals surface area contributed by atoms with E-state index in [2.05, 4.69) is 4.98 Å². The maximum atomic E-state index is 12.4. The molecule has 0 unspecified atom stereocenters. The van der Waals surface area contributed by atoms with Crippen molar-refractivity contribution in [2.24, 2.45) is 0 Å². The molecule has 0 radical (unpaired) electrons. The van der Waals surface area contributed by atoms with Gasteiger partial charge in [-0.15, -0.1) is 0 Å². The van der Waals surface area contributed by atoms with E-state index < -0.39 is 11.7 Å². The van der Waals surface area contributed by atoms with Gasteiger partial charge < -0.3 is 4.98 Å². The molecule has 0 bridgehead atoms. The molecule has 1 aromatic heterocycles. The highest BCUT2D eigenvalue weighted by molar-refractivity contribution is 5.68. The molecular formula is C13H6F3N3. The van der Waals surface area contributed by atoms with Gasteiger partial charge in [-0.1, -0.05) is 12.1 Å². The Bertz CT molecular complexity index is 682. The first kappa shape index (κ1) is 12.7. The molecule has 2 aromatic rings. The molecule has 2 rings (SSSR count). The summed E-state index contributed by atoms with van der Waals surface area (Å²) in [5.41, 5.74) is 0.406. The van der Waals surface area contributed by atoms with Gasteiger partial charge >= 0.3 is 6.18 Å². The molecule has 0 saturated carbocycles. The topological polar surface area (TPSA) is 63.4 Å². The van der Waals surface area contributed by atoms with Crippen LogP contribution in [0.25, 0.3) is 11.3 Å². The van der Waals surface area contributed by atoms with Gasteiger partial charge in [0.05, 0.1) is 16.8 Å². The van der Waals surface area contributed by atoms with Crippen molar-refractivity contribution in [3.63, 3.8) is 0 Å². The van der Waals surface area contributed by atoms with Crippen LogP contribution >= 0.6 is 0 Å². The summed E-state index contributed by atoms with van der Waals surface area (Å²) in [6.07, 6.45) is -4.40. The average Bonchev–Trinajstić information content (AvgIpc) is 2.81. The Balaban J connectivity index is 2.47. The summed E-state index contributed by atoms with van der Waals surface area (Å²) in [7, 11) is 0. The summed E-state index contributed by atoms with van der Waals surface area (Å²) < 4.78 is 37.3. The van der Waals surface area contributed by atoms with Crippen LogP contribution in [0, 0.1) is 22.7 Å². The van der Waals surface area contributed by atoms with Crippen LogP contribution in [0.2, 0.25) is 0 Å². The number of hydrogen-bond acceptors (Lipinski definition) is 2.